The first-order valence-electron chi connectivity index (χ1n) is 12.9. The molecule has 0 bridgehead atoms. The smallest absolute Gasteiger partial charge is 0.323 e. The Labute approximate surface area is 229 Å². The molecule has 0 unspecified atom stereocenters. The molecule has 0 radical (unpaired) electrons. The Balaban J connectivity index is 0.00000336. The van der Waals surface area contributed by atoms with E-state index in [0.717, 1.165) is 34.7 Å². The monoisotopic (exact) mass is 531 g/mol. The maximum Gasteiger partial charge on any atom is 0.323 e. The second-order valence-corrected chi connectivity index (χ2v) is 9.92. The van der Waals surface area contributed by atoms with Crippen LogP contribution in [0.1, 0.15) is 45.5 Å². The molecule has 2 aromatic heterocycles. The van der Waals surface area contributed by atoms with Crippen molar-refractivity contribution in [3.63, 3.8) is 0 Å². The van der Waals surface area contributed by atoms with E-state index in [1.165, 1.54) is 23.9 Å². The number of fused-ring (bicyclic) bond motifs is 3. The molecule has 0 saturated heterocycles. The molecule has 1 aliphatic heterocycles. The number of imidazole rings is 1. The molecule has 0 amide bonds. The van der Waals surface area contributed by atoms with Crippen LogP contribution in [0.3, 0.4) is 0 Å². The van der Waals surface area contributed by atoms with E-state index in [-0.39, 0.29) is 23.8 Å². The first-order chi connectivity index (χ1) is 17.8. The molecule has 0 fully saturated rings. The molecule has 5 rings (SSSR count). The van der Waals surface area contributed by atoms with E-state index >= 15 is 0 Å². The molecule has 0 aliphatic carbocycles. The summed E-state index contributed by atoms with van der Waals surface area (Å²) in [5.41, 5.74) is 7.16. The third-order valence-electron chi connectivity index (χ3n) is 7.19. The van der Waals surface area contributed by atoms with Gasteiger partial charge in [-0.25, -0.2) is 14.1 Å². The van der Waals surface area contributed by atoms with Gasteiger partial charge in [0, 0.05) is 43.3 Å². The second-order valence-electron chi connectivity index (χ2n) is 9.92. The summed E-state index contributed by atoms with van der Waals surface area (Å²) in [4.78, 5) is 23.5. The van der Waals surface area contributed by atoms with Crippen molar-refractivity contribution in [1.29, 1.82) is 0 Å². The maximum atomic E-state index is 11.3. The lowest BCUT2D eigenvalue weighted by Gasteiger charge is -2.23. The van der Waals surface area contributed by atoms with E-state index in [4.69, 9.17) is 14.7 Å². The number of hydrogen-bond donors (Lipinski definition) is 0. The summed E-state index contributed by atoms with van der Waals surface area (Å²) >= 11 is 0. The summed E-state index contributed by atoms with van der Waals surface area (Å²) in [5.74, 6) is 0.756. The highest BCUT2D eigenvalue weighted by atomic mass is 35.5. The van der Waals surface area contributed by atoms with Crippen LogP contribution < -0.4 is 21.9 Å². The molecule has 8 heteroatoms. The number of allylic oxidation sites excluding steroid dienone is 3. The zero-order valence-electron chi connectivity index (χ0n) is 22.6. The van der Waals surface area contributed by atoms with E-state index in [1.807, 2.05) is 24.3 Å². The largest absolute Gasteiger partial charge is 1.00 e. The molecule has 0 atom stereocenters. The normalized spacial score (nSPS) is 15.4. The van der Waals surface area contributed by atoms with E-state index in [1.54, 1.807) is 0 Å². The SMILES string of the molecule is CCn1c(/C=C/C=C2/N(C)c3ccccc3C2(C)C)[n+](CCCOC(C)=O)c2nc3ccccc3nc21.[Cl-]. The van der Waals surface area contributed by atoms with Crippen molar-refractivity contribution in [2.75, 3.05) is 18.6 Å². The first kappa shape index (κ1) is 27.3. The number of carbonyl (C=O) groups is 1. The Morgan fingerprint density at radius 3 is 2.45 bits per heavy atom. The van der Waals surface area contributed by atoms with Gasteiger partial charge in [0.2, 0.25) is 5.82 Å². The van der Waals surface area contributed by atoms with Gasteiger partial charge in [-0.2, -0.15) is 0 Å². The molecule has 3 heterocycles. The van der Waals surface area contributed by atoms with Crippen molar-refractivity contribution in [2.45, 2.75) is 52.6 Å². The van der Waals surface area contributed by atoms with E-state index in [9.17, 15) is 4.79 Å². The highest BCUT2D eigenvalue weighted by Gasteiger charge is 2.37. The minimum Gasteiger partial charge on any atom is -1.00 e. The van der Waals surface area contributed by atoms with E-state index < -0.39 is 0 Å². The van der Waals surface area contributed by atoms with Gasteiger partial charge in [0.05, 0.1) is 19.7 Å². The van der Waals surface area contributed by atoms with Crippen LogP contribution in [0.25, 0.3) is 28.4 Å². The lowest BCUT2D eigenvalue weighted by Crippen LogP contribution is -3.00. The number of hydrogen-bond acceptors (Lipinski definition) is 5. The molecule has 4 aromatic rings. The van der Waals surface area contributed by atoms with Crippen LogP contribution in [-0.2, 0) is 28.0 Å². The number of esters is 1. The zero-order chi connectivity index (χ0) is 26.2. The second kappa shape index (κ2) is 11.0. The Kier molecular flexibility index (Phi) is 7.88. The van der Waals surface area contributed by atoms with Gasteiger partial charge in [-0.3, -0.25) is 4.79 Å². The van der Waals surface area contributed by atoms with Crippen LogP contribution >= 0.6 is 0 Å². The third-order valence-corrected chi connectivity index (χ3v) is 7.19. The first-order valence-corrected chi connectivity index (χ1v) is 12.9. The predicted octanol–water partition coefficient (Wildman–Crippen LogP) is 2.17. The van der Waals surface area contributed by atoms with Gasteiger partial charge in [0.15, 0.2) is 5.52 Å². The number of carbonyl (C=O) groups excluding carboxylic acids is 1. The van der Waals surface area contributed by atoms with Crippen LogP contribution in [0.5, 0.6) is 0 Å². The minimum absolute atomic E-state index is 0. The van der Waals surface area contributed by atoms with Gasteiger partial charge in [-0.1, -0.05) is 55.2 Å². The molecule has 7 nitrogen and oxygen atoms in total. The lowest BCUT2D eigenvalue weighted by molar-refractivity contribution is -0.676. The Morgan fingerprint density at radius 1 is 1.08 bits per heavy atom. The predicted molar refractivity (Wildman–Crippen MR) is 147 cm³/mol. The van der Waals surface area contributed by atoms with E-state index in [2.05, 4.69) is 84.3 Å². The quantitative estimate of drug-likeness (QED) is 0.208. The number of aryl methyl sites for hydroxylation is 2. The van der Waals surface area contributed by atoms with Gasteiger partial charge in [0.1, 0.15) is 5.52 Å². The Morgan fingerprint density at radius 2 is 1.76 bits per heavy atom. The topological polar surface area (TPSA) is 64.1 Å². The summed E-state index contributed by atoms with van der Waals surface area (Å²) < 4.78 is 9.60. The van der Waals surface area contributed by atoms with Crippen molar-refractivity contribution in [2.24, 2.45) is 0 Å². The van der Waals surface area contributed by atoms with Gasteiger partial charge in [-0.05, 0) is 36.8 Å². The Hall–Kier alpha value is -3.71. The fourth-order valence-corrected chi connectivity index (χ4v) is 5.38. The lowest BCUT2D eigenvalue weighted by atomic mass is 9.84. The zero-order valence-corrected chi connectivity index (χ0v) is 23.4. The number of benzene rings is 2. The van der Waals surface area contributed by atoms with Crippen molar-refractivity contribution >= 4 is 40.1 Å². The summed E-state index contributed by atoms with van der Waals surface area (Å²) in [7, 11) is 2.13. The number of rotatable bonds is 7. The number of aromatic nitrogens is 4. The molecular formula is C30H34ClN5O2. The molecule has 0 N–H and O–H groups in total. The van der Waals surface area contributed by atoms with Gasteiger partial charge in [-0.15, -0.1) is 0 Å². The van der Waals surface area contributed by atoms with Crippen LogP contribution in [0.2, 0.25) is 0 Å². The van der Waals surface area contributed by atoms with Crippen LogP contribution in [-0.4, -0.2) is 34.2 Å². The van der Waals surface area contributed by atoms with Crippen LogP contribution in [0.15, 0.2) is 66.4 Å². The number of nitrogens with zero attached hydrogens (tertiary/aromatic N) is 5. The molecule has 1 aliphatic rings. The van der Waals surface area contributed by atoms with Crippen molar-refractivity contribution < 1.29 is 26.5 Å². The van der Waals surface area contributed by atoms with Crippen molar-refractivity contribution in [1.82, 2.24) is 14.5 Å². The fraction of sp³-hybridized carbons (Fsp3) is 0.333. The van der Waals surface area contributed by atoms with Gasteiger partial charge < -0.3 is 22.0 Å². The number of para-hydroxylation sites is 3. The fourth-order valence-electron chi connectivity index (χ4n) is 5.38. The van der Waals surface area contributed by atoms with Gasteiger partial charge in [0.25, 0.3) is 5.65 Å². The Bertz CT molecular complexity index is 1550. The standard InChI is InChI=1S/C30H34N5O2.ClH/c1-6-34-27(18-11-17-26-30(3,4)22-13-7-10-16-25(22)33(26)5)35(19-12-20-37-21(2)36)29-28(34)31-23-14-8-9-15-24(23)32-29;/h7-11,13-18H,6,12,19-20H2,1-5H3;1H/q+1;/p-1. The van der Waals surface area contributed by atoms with Crippen molar-refractivity contribution in [3.8, 4) is 0 Å². The molecule has 38 heavy (non-hydrogen) atoms. The highest BCUT2D eigenvalue weighted by molar-refractivity contribution is 5.82. The van der Waals surface area contributed by atoms with Crippen LogP contribution in [0.4, 0.5) is 5.69 Å². The summed E-state index contributed by atoms with van der Waals surface area (Å²) in [5, 5.41) is 0. The summed E-state index contributed by atoms with van der Waals surface area (Å²) in [6.07, 6.45) is 7.16. The summed E-state index contributed by atoms with van der Waals surface area (Å²) in [6, 6.07) is 16.5. The molecule has 198 valence electrons. The average Bonchev–Trinajstić information content (AvgIpc) is 3.28. The maximum absolute atomic E-state index is 11.3. The average molecular weight is 532 g/mol. The molecular weight excluding hydrogens is 498 g/mol. The number of anilines is 1. The van der Waals surface area contributed by atoms with Crippen LogP contribution in [0, 0.1) is 0 Å². The number of ether oxygens (including phenoxy) is 1. The minimum atomic E-state index is -0.261. The molecule has 2 aromatic carbocycles. The third kappa shape index (κ3) is 4.78. The highest BCUT2D eigenvalue weighted by Crippen LogP contribution is 2.46. The molecule has 0 saturated carbocycles. The number of likely N-dealkylation sites (N-methyl/N-ethyl adjacent to an activating group) is 1. The van der Waals surface area contributed by atoms with Gasteiger partial charge >= 0.3 is 11.6 Å². The summed E-state index contributed by atoms with van der Waals surface area (Å²) in [6.45, 7) is 9.89. The van der Waals surface area contributed by atoms with E-state index in [0.29, 0.717) is 19.6 Å². The molecule has 0 spiro atoms. The number of halogens is 1. The van der Waals surface area contributed by atoms with Crippen molar-refractivity contribution in [3.05, 3.63) is 77.8 Å².